The van der Waals surface area contributed by atoms with Crippen LogP contribution in [0.4, 0.5) is 5.69 Å². The number of benzene rings is 2. The molecule has 0 saturated heterocycles. The minimum atomic E-state index is -0.847. The number of carboxylic acid groups (broad SMARTS) is 1. The number of para-hydroxylation sites is 1. The quantitative estimate of drug-likeness (QED) is 0.708. The van der Waals surface area contributed by atoms with Crippen LogP contribution in [-0.2, 0) is 0 Å². The molecule has 2 aromatic carbocycles. The van der Waals surface area contributed by atoms with E-state index in [2.05, 4.69) is 51.6 Å². The van der Waals surface area contributed by atoms with E-state index in [0.29, 0.717) is 23.3 Å². The van der Waals surface area contributed by atoms with E-state index in [4.69, 9.17) is 0 Å². The summed E-state index contributed by atoms with van der Waals surface area (Å²) in [4.78, 5) is 11.8. The van der Waals surface area contributed by atoms with Gasteiger partial charge in [0.05, 0.1) is 17.3 Å². The maximum atomic E-state index is 11.8. The number of carbonyl (C=O) groups is 1. The molecule has 2 bridgehead atoms. The summed E-state index contributed by atoms with van der Waals surface area (Å²) in [5.41, 5.74) is 3.74. The summed E-state index contributed by atoms with van der Waals surface area (Å²) in [7, 11) is 0. The number of fused-ring (bicyclic) bond motifs is 7. The van der Waals surface area contributed by atoms with Crippen molar-refractivity contribution in [1.29, 1.82) is 0 Å². The molecule has 5 atom stereocenters. The largest absolute Gasteiger partial charge is 0.478 e. The van der Waals surface area contributed by atoms with Crippen LogP contribution < -0.4 is 5.32 Å². The van der Waals surface area contributed by atoms with Gasteiger partial charge in [0.1, 0.15) is 0 Å². The molecular formula is C21H20BrNO2. The molecule has 0 unspecified atom stereocenters. The van der Waals surface area contributed by atoms with E-state index in [1.54, 1.807) is 6.07 Å². The molecule has 4 heteroatoms. The van der Waals surface area contributed by atoms with Crippen LogP contribution in [0.25, 0.3) is 0 Å². The Labute approximate surface area is 155 Å². The number of rotatable bonds is 2. The highest BCUT2D eigenvalue weighted by Crippen LogP contribution is 2.63. The normalized spacial score (nSPS) is 32.0. The number of nitrogens with one attached hydrogen (secondary N) is 1. The highest BCUT2D eigenvalue weighted by molar-refractivity contribution is 9.10. The highest BCUT2D eigenvalue weighted by atomic mass is 79.9. The van der Waals surface area contributed by atoms with Gasteiger partial charge in [-0.25, -0.2) is 4.79 Å². The Balaban J connectivity index is 1.67. The molecule has 3 aliphatic rings. The molecule has 0 amide bonds. The van der Waals surface area contributed by atoms with Gasteiger partial charge in [-0.05, 0) is 72.3 Å². The average molecular weight is 398 g/mol. The molecule has 2 aliphatic carbocycles. The van der Waals surface area contributed by atoms with Gasteiger partial charge in [0.25, 0.3) is 0 Å². The molecule has 128 valence electrons. The highest BCUT2D eigenvalue weighted by Gasteiger charge is 2.54. The second kappa shape index (κ2) is 5.60. The molecule has 25 heavy (non-hydrogen) atoms. The van der Waals surface area contributed by atoms with Crippen molar-refractivity contribution in [3.05, 3.63) is 63.6 Å². The third-order valence-corrected chi connectivity index (χ3v) is 7.11. The molecule has 2 aromatic rings. The van der Waals surface area contributed by atoms with Crippen molar-refractivity contribution >= 4 is 27.6 Å². The summed E-state index contributed by atoms with van der Waals surface area (Å²) in [5, 5.41) is 13.3. The second-order valence-corrected chi connectivity index (χ2v) is 8.60. The predicted octanol–water partition coefficient (Wildman–Crippen LogP) is 5.44. The topological polar surface area (TPSA) is 49.3 Å². The smallest absolute Gasteiger partial charge is 0.337 e. The van der Waals surface area contributed by atoms with Gasteiger partial charge < -0.3 is 10.4 Å². The molecule has 2 fully saturated rings. The molecule has 2 N–H and O–H groups in total. The minimum Gasteiger partial charge on any atom is -0.478 e. The van der Waals surface area contributed by atoms with Crippen molar-refractivity contribution in [3.8, 4) is 0 Å². The number of hydrogen-bond donors (Lipinski definition) is 2. The Morgan fingerprint density at radius 2 is 1.84 bits per heavy atom. The zero-order valence-electron chi connectivity index (χ0n) is 13.8. The lowest BCUT2D eigenvalue weighted by atomic mass is 9.67. The lowest BCUT2D eigenvalue weighted by molar-refractivity contribution is 0.0697. The zero-order valence-corrected chi connectivity index (χ0v) is 15.4. The van der Waals surface area contributed by atoms with Crippen molar-refractivity contribution in [2.45, 2.75) is 31.2 Å². The van der Waals surface area contributed by atoms with E-state index >= 15 is 0 Å². The maximum Gasteiger partial charge on any atom is 0.337 e. The first-order chi connectivity index (χ1) is 12.1. The van der Waals surface area contributed by atoms with Crippen molar-refractivity contribution in [2.24, 2.45) is 17.8 Å². The fraction of sp³-hybridized carbons (Fsp3) is 0.381. The summed E-state index contributed by atoms with van der Waals surface area (Å²) < 4.78 is 1.07. The van der Waals surface area contributed by atoms with Crippen LogP contribution >= 0.6 is 15.9 Å². The third-order valence-electron chi connectivity index (χ3n) is 6.58. The summed E-state index contributed by atoms with van der Waals surface area (Å²) in [6.07, 6.45) is 3.89. The molecule has 1 heterocycles. The molecule has 5 rings (SSSR count). The number of carboxylic acids is 1. The van der Waals surface area contributed by atoms with Gasteiger partial charge in [-0.3, -0.25) is 0 Å². The average Bonchev–Trinajstić information content (AvgIpc) is 3.23. The first-order valence-corrected chi connectivity index (χ1v) is 9.81. The van der Waals surface area contributed by atoms with Gasteiger partial charge >= 0.3 is 5.97 Å². The summed E-state index contributed by atoms with van der Waals surface area (Å²) >= 11 is 3.52. The van der Waals surface area contributed by atoms with Crippen molar-refractivity contribution in [2.75, 3.05) is 5.32 Å². The van der Waals surface area contributed by atoms with E-state index in [9.17, 15) is 9.90 Å². The van der Waals surface area contributed by atoms with Crippen LogP contribution in [0.2, 0.25) is 0 Å². The molecular weight excluding hydrogens is 378 g/mol. The lowest BCUT2D eigenvalue weighted by Gasteiger charge is -2.44. The SMILES string of the molecule is O=C(O)c1cccc2c1N[C@H](c1ccc(Br)cc1)[C@H]1[C@H]3CC[C@@H](C3)[C@H]21. The van der Waals surface area contributed by atoms with Gasteiger partial charge in [0.15, 0.2) is 0 Å². The summed E-state index contributed by atoms with van der Waals surface area (Å²) in [6, 6.07) is 14.5. The predicted molar refractivity (Wildman–Crippen MR) is 101 cm³/mol. The van der Waals surface area contributed by atoms with E-state index in [-0.39, 0.29) is 6.04 Å². The Hall–Kier alpha value is -1.81. The van der Waals surface area contributed by atoms with Crippen molar-refractivity contribution in [1.82, 2.24) is 0 Å². The van der Waals surface area contributed by atoms with E-state index < -0.39 is 5.97 Å². The summed E-state index contributed by atoms with van der Waals surface area (Å²) in [5.74, 6) is 1.66. The number of halogens is 1. The Bertz CT molecular complexity index is 847. The van der Waals surface area contributed by atoms with Crippen molar-refractivity contribution < 1.29 is 9.90 Å². The fourth-order valence-electron chi connectivity index (χ4n) is 5.69. The Morgan fingerprint density at radius 3 is 2.60 bits per heavy atom. The number of aromatic carboxylic acids is 1. The van der Waals surface area contributed by atoms with Crippen molar-refractivity contribution in [3.63, 3.8) is 0 Å². The molecule has 0 aromatic heterocycles. The number of hydrogen-bond acceptors (Lipinski definition) is 2. The van der Waals surface area contributed by atoms with Gasteiger partial charge in [-0.2, -0.15) is 0 Å². The van der Waals surface area contributed by atoms with E-state index in [0.717, 1.165) is 16.1 Å². The minimum absolute atomic E-state index is 0.196. The number of anilines is 1. The van der Waals surface area contributed by atoms with Crippen LogP contribution in [0.3, 0.4) is 0 Å². The van der Waals surface area contributed by atoms with E-state index in [1.807, 2.05) is 6.07 Å². The van der Waals surface area contributed by atoms with Crippen LogP contribution in [-0.4, -0.2) is 11.1 Å². The van der Waals surface area contributed by atoms with E-state index in [1.165, 1.54) is 30.4 Å². The standard InChI is InChI=1S/C21H20BrNO2/c22-14-8-6-11(7-9-14)19-18-13-5-4-12(10-13)17(18)15-2-1-3-16(21(24)25)20(15)23-19/h1-3,6-9,12-13,17-19,23H,4-5,10H2,(H,24,25)/t12-,13-,17+,18-,19+/m0/s1. The van der Waals surface area contributed by atoms with Crippen LogP contribution in [0.5, 0.6) is 0 Å². The molecule has 0 radical (unpaired) electrons. The Morgan fingerprint density at radius 1 is 1.08 bits per heavy atom. The van der Waals surface area contributed by atoms with Crippen LogP contribution in [0, 0.1) is 17.8 Å². The first-order valence-electron chi connectivity index (χ1n) is 9.01. The second-order valence-electron chi connectivity index (χ2n) is 7.68. The molecule has 0 spiro atoms. The molecule has 1 aliphatic heterocycles. The Kier molecular flexibility index (Phi) is 3.46. The lowest BCUT2D eigenvalue weighted by Crippen LogP contribution is -2.36. The maximum absolute atomic E-state index is 11.8. The zero-order chi connectivity index (χ0) is 17.1. The fourth-order valence-corrected chi connectivity index (χ4v) is 5.96. The van der Waals surface area contributed by atoms with Gasteiger partial charge in [0, 0.05) is 4.47 Å². The first kappa shape index (κ1) is 15.4. The monoisotopic (exact) mass is 397 g/mol. The molecule has 3 nitrogen and oxygen atoms in total. The summed E-state index contributed by atoms with van der Waals surface area (Å²) in [6.45, 7) is 0. The van der Waals surface area contributed by atoms with Gasteiger partial charge in [-0.1, -0.05) is 40.2 Å². The molecule has 2 saturated carbocycles. The van der Waals surface area contributed by atoms with Gasteiger partial charge in [0.2, 0.25) is 0 Å². The van der Waals surface area contributed by atoms with Crippen LogP contribution in [0.15, 0.2) is 46.9 Å². The van der Waals surface area contributed by atoms with Crippen LogP contribution in [0.1, 0.15) is 52.7 Å². The van der Waals surface area contributed by atoms with Gasteiger partial charge in [-0.15, -0.1) is 0 Å². The third kappa shape index (κ3) is 2.27.